The van der Waals surface area contributed by atoms with Crippen LogP contribution in [0.4, 0.5) is 19.3 Å². The minimum Gasteiger partial charge on any atom is -0.460 e. The number of rotatable bonds is 5. The highest BCUT2D eigenvalue weighted by atomic mass is 19.1. The van der Waals surface area contributed by atoms with Crippen molar-refractivity contribution in [2.45, 2.75) is 6.61 Å². The zero-order valence-corrected chi connectivity index (χ0v) is 12.0. The highest BCUT2D eigenvalue weighted by Gasteiger charge is 2.10. The molecule has 0 saturated heterocycles. The van der Waals surface area contributed by atoms with Gasteiger partial charge in [-0.05, 0) is 17.7 Å². The number of ether oxygens (including phenoxy) is 1. The molecule has 0 aliphatic heterocycles. The molecule has 23 heavy (non-hydrogen) atoms. The minimum atomic E-state index is -0.910. The third kappa shape index (κ3) is 5.39. The van der Waals surface area contributed by atoms with Gasteiger partial charge in [0, 0.05) is 6.07 Å². The van der Waals surface area contributed by atoms with Gasteiger partial charge in [0.05, 0.1) is 5.69 Å². The molecule has 7 heteroatoms. The standard InChI is InChI=1S/C16H14F2N2O3/c17-12-6-7-14(13(18)8-12)20-16(22)19-9-15(21)23-10-11-4-2-1-3-5-11/h1-8H,9-10H2,(H2,19,20,22). The number of carbonyl (C=O) groups excluding carboxylic acids is 2. The highest BCUT2D eigenvalue weighted by molar-refractivity contribution is 5.91. The maximum absolute atomic E-state index is 13.3. The lowest BCUT2D eigenvalue weighted by molar-refractivity contribution is -0.143. The second kappa shape index (κ2) is 7.88. The predicted molar refractivity (Wildman–Crippen MR) is 79.6 cm³/mol. The van der Waals surface area contributed by atoms with Crippen LogP contribution in [0.5, 0.6) is 0 Å². The fourth-order valence-corrected chi connectivity index (χ4v) is 1.70. The van der Waals surface area contributed by atoms with E-state index >= 15 is 0 Å². The molecule has 0 bridgehead atoms. The van der Waals surface area contributed by atoms with E-state index in [1.165, 1.54) is 0 Å². The molecule has 0 aliphatic carbocycles. The van der Waals surface area contributed by atoms with Crippen molar-refractivity contribution < 1.29 is 23.1 Å². The van der Waals surface area contributed by atoms with E-state index < -0.39 is 23.6 Å². The number of hydrogen-bond donors (Lipinski definition) is 2. The van der Waals surface area contributed by atoms with E-state index in [4.69, 9.17) is 4.74 Å². The molecular weight excluding hydrogens is 306 g/mol. The Morgan fingerprint density at radius 2 is 1.78 bits per heavy atom. The first-order chi connectivity index (χ1) is 11.0. The number of esters is 1. The Kier molecular flexibility index (Phi) is 5.62. The SMILES string of the molecule is O=C(NCC(=O)OCc1ccccc1)Nc1ccc(F)cc1F. The highest BCUT2D eigenvalue weighted by Crippen LogP contribution is 2.14. The molecule has 2 amide bonds. The van der Waals surface area contributed by atoms with Crippen molar-refractivity contribution in [1.29, 1.82) is 0 Å². The Balaban J connectivity index is 1.74. The van der Waals surface area contributed by atoms with Gasteiger partial charge in [-0.25, -0.2) is 13.6 Å². The molecule has 2 aromatic carbocycles. The van der Waals surface area contributed by atoms with Crippen LogP contribution in [0.1, 0.15) is 5.56 Å². The monoisotopic (exact) mass is 320 g/mol. The van der Waals surface area contributed by atoms with Crippen molar-refractivity contribution in [1.82, 2.24) is 5.32 Å². The van der Waals surface area contributed by atoms with Gasteiger partial charge in [-0.2, -0.15) is 0 Å². The van der Waals surface area contributed by atoms with Crippen molar-refractivity contribution in [2.75, 3.05) is 11.9 Å². The molecule has 0 unspecified atom stereocenters. The lowest BCUT2D eigenvalue weighted by atomic mass is 10.2. The van der Waals surface area contributed by atoms with Crippen molar-refractivity contribution in [3.8, 4) is 0 Å². The largest absolute Gasteiger partial charge is 0.460 e. The summed E-state index contributed by atoms with van der Waals surface area (Å²) in [6.07, 6.45) is 0. The van der Waals surface area contributed by atoms with E-state index in [0.29, 0.717) is 6.07 Å². The number of urea groups is 1. The molecule has 0 heterocycles. The van der Waals surface area contributed by atoms with Crippen LogP contribution >= 0.6 is 0 Å². The molecule has 0 fully saturated rings. The topological polar surface area (TPSA) is 67.4 Å². The average Bonchev–Trinajstić information content (AvgIpc) is 2.54. The van der Waals surface area contributed by atoms with Gasteiger partial charge in [-0.15, -0.1) is 0 Å². The number of halogens is 2. The number of amides is 2. The Hall–Kier alpha value is -2.96. The van der Waals surface area contributed by atoms with Crippen LogP contribution in [-0.4, -0.2) is 18.5 Å². The van der Waals surface area contributed by atoms with Crippen LogP contribution in [-0.2, 0) is 16.1 Å². The van der Waals surface area contributed by atoms with E-state index in [9.17, 15) is 18.4 Å². The normalized spacial score (nSPS) is 10.0. The molecule has 0 saturated carbocycles. The van der Waals surface area contributed by atoms with E-state index in [1.54, 1.807) is 12.1 Å². The summed E-state index contributed by atoms with van der Waals surface area (Å²) in [5.74, 6) is -2.30. The first-order valence-corrected chi connectivity index (χ1v) is 6.74. The predicted octanol–water partition coefficient (Wildman–Crippen LogP) is 2.83. The zero-order valence-electron chi connectivity index (χ0n) is 12.0. The average molecular weight is 320 g/mol. The molecule has 2 N–H and O–H groups in total. The lowest BCUT2D eigenvalue weighted by Gasteiger charge is -2.09. The van der Waals surface area contributed by atoms with Gasteiger partial charge in [-0.1, -0.05) is 30.3 Å². The second-order valence-electron chi connectivity index (χ2n) is 4.58. The Morgan fingerprint density at radius 3 is 2.48 bits per heavy atom. The molecular formula is C16H14F2N2O3. The van der Waals surface area contributed by atoms with Gasteiger partial charge in [0.1, 0.15) is 24.8 Å². The minimum absolute atomic E-state index is 0.0928. The number of carbonyl (C=O) groups is 2. The van der Waals surface area contributed by atoms with E-state index in [0.717, 1.165) is 17.7 Å². The molecule has 120 valence electrons. The first-order valence-electron chi connectivity index (χ1n) is 6.74. The summed E-state index contributed by atoms with van der Waals surface area (Å²) < 4.78 is 31.0. The van der Waals surface area contributed by atoms with Crippen molar-refractivity contribution in [3.05, 3.63) is 65.7 Å². The van der Waals surface area contributed by atoms with E-state index in [2.05, 4.69) is 10.6 Å². The summed E-state index contributed by atoms with van der Waals surface area (Å²) in [4.78, 5) is 23.0. The van der Waals surface area contributed by atoms with Crippen LogP contribution < -0.4 is 10.6 Å². The van der Waals surface area contributed by atoms with Gasteiger partial charge in [0.2, 0.25) is 0 Å². The summed E-state index contributed by atoms with van der Waals surface area (Å²) in [6, 6.07) is 11.0. The molecule has 0 spiro atoms. The number of hydrogen-bond acceptors (Lipinski definition) is 3. The Morgan fingerprint density at radius 1 is 1.04 bits per heavy atom. The lowest BCUT2D eigenvalue weighted by Crippen LogP contribution is -2.34. The number of benzene rings is 2. The molecule has 0 radical (unpaired) electrons. The van der Waals surface area contributed by atoms with E-state index in [1.807, 2.05) is 18.2 Å². The van der Waals surface area contributed by atoms with Crippen molar-refractivity contribution >= 4 is 17.7 Å². The Bertz CT molecular complexity index is 693. The molecule has 0 aromatic heterocycles. The second-order valence-corrected chi connectivity index (χ2v) is 4.58. The molecule has 2 rings (SSSR count). The molecule has 2 aromatic rings. The third-order valence-corrected chi connectivity index (χ3v) is 2.82. The fourth-order valence-electron chi connectivity index (χ4n) is 1.70. The summed E-state index contributed by atoms with van der Waals surface area (Å²) in [6.45, 7) is -0.281. The van der Waals surface area contributed by atoms with Gasteiger partial charge < -0.3 is 15.4 Å². The summed E-state index contributed by atoms with van der Waals surface area (Å²) >= 11 is 0. The van der Waals surface area contributed by atoms with Crippen molar-refractivity contribution in [3.63, 3.8) is 0 Å². The van der Waals surface area contributed by atoms with Crippen molar-refractivity contribution in [2.24, 2.45) is 0 Å². The number of nitrogens with one attached hydrogen (secondary N) is 2. The van der Waals surface area contributed by atoms with Crippen LogP contribution in [0.25, 0.3) is 0 Å². The smallest absolute Gasteiger partial charge is 0.325 e. The van der Waals surface area contributed by atoms with Gasteiger partial charge >= 0.3 is 12.0 Å². The summed E-state index contributed by atoms with van der Waals surface area (Å²) in [5.41, 5.74) is 0.625. The van der Waals surface area contributed by atoms with Gasteiger partial charge in [0.15, 0.2) is 0 Å². The first kappa shape index (κ1) is 16.4. The quantitative estimate of drug-likeness (QED) is 0.833. The molecule has 0 aliphatic rings. The fraction of sp³-hybridized carbons (Fsp3) is 0.125. The van der Waals surface area contributed by atoms with Crippen LogP contribution in [0.15, 0.2) is 48.5 Å². The van der Waals surface area contributed by atoms with Crippen LogP contribution in [0, 0.1) is 11.6 Å². The maximum atomic E-state index is 13.3. The zero-order chi connectivity index (χ0) is 16.7. The summed E-state index contributed by atoms with van der Waals surface area (Å²) in [5, 5.41) is 4.39. The van der Waals surface area contributed by atoms with Gasteiger partial charge in [-0.3, -0.25) is 4.79 Å². The molecule has 0 atom stereocenters. The maximum Gasteiger partial charge on any atom is 0.325 e. The third-order valence-electron chi connectivity index (χ3n) is 2.82. The Labute approximate surface area is 131 Å². The molecule has 5 nitrogen and oxygen atoms in total. The van der Waals surface area contributed by atoms with Crippen LogP contribution in [0.3, 0.4) is 0 Å². The van der Waals surface area contributed by atoms with Crippen LogP contribution in [0.2, 0.25) is 0 Å². The number of anilines is 1. The summed E-state index contributed by atoms with van der Waals surface area (Å²) in [7, 11) is 0. The van der Waals surface area contributed by atoms with Gasteiger partial charge in [0.25, 0.3) is 0 Å². The van der Waals surface area contributed by atoms with E-state index in [-0.39, 0.29) is 18.8 Å².